The number of ether oxygens (including phenoxy) is 1. The van der Waals surface area contributed by atoms with E-state index in [0.29, 0.717) is 5.69 Å². The van der Waals surface area contributed by atoms with Crippen molar-refractivity contribution in [3.8, 4) is 10.6 Å². The number of hydrogen-bond acceptors (Lipinski definition) is 8. The number of aliphatic hydroxyl groups is 1. The summed E-state index contributed by atoms with van der Waals surface area (Å²) in [7, 11) is -3.95. The van der Waals surface area contributed by atoms with Crippen molar-refractivity contribution in [1.82, 2.24) is 9.29 Å². The summed E-state index contributed by atoms with van der Waals surface area (Å²) in [5.74, 6) is -0.686. The zero-order valence-electron chi connectivity index (χ0n) is 17.0. The minimum Gasteiger partial charge on any atom is -0.458 e. The lowest BCUT2D eigenvalue weighted by Gasteiger charge is -2.22. The molecule has 1 N–H and O–H groups in total. The summed E-state index contributed by atoms with van der Waals surface area (Å²) in [5, 5.41) is 16.7. The van der Waals surface area contributed by atoms with Gasteiger partial charge in [-0.05, 0) is 48.6 Å². The number of rotatable bonds is 6. The number of aliphatic hydroxyl groups excluding tert-OH is 1. The van der Waals surface area contributed by atoms with Gasteiger partial charge in [0.2, 0.25) is 10.0 Å². The van der Waals surface area contributed by atoms with Crippen LogP contribution in [-0.4, -0.2) is 47.5 Å². The van der Waals surface area contributed by atoms with Crippen LogP contribution in [0.3, 0.4) is 0 Å². The number of nitrogens with zero attached hydrogens (tertiary/aromatic N) is 2. The van der Waals surface area contributed by atoms with Crippen LogP contribution in [0.25, 0.3) is 10.6 Å². The van der Waals surface area contributed by atoms with E-state index in [1.807, 2.05) is 36.1 Å². The first-order valence-electron chi connectivity index (χ1n) is 9.66. The Morgan fingerprint density at radius 1 is 1.26 bits per heavy atom. The van der Waals surface area contributed by atoms with Gasteiger partial charge in [-0.2, -0.15) is 15.6 Å². The average molecular weight is 479 g/mol. The minimum absolute atomic E-state index is 0.000125. The van der Waals surface area contributed by atoms with E-state index in [-0.39, 0.29) is 24.5 Å². The molecule has 1 aliphatic rings. The molecule has 10 heteroatoms. The number of aromatic nitrogens is 1. The summed E-state index contributed by atoms with van der Waals surface area (Å²) in [4.78, 5) is 17.3. The molecule has 0 radical (unpaired) electrons. The molecule has 1 aliphatic heterocycles. The number of carbonyl (C=O) groups excluding carboxylic acids is 1. The van der Waals surface area contributed by atoms with Crippen molar-refractivity contribution in [2.45, 2.75) is 43.9 Å². The Balaban J connectivity index is 1.48. The molecule has 0 saturated carbocycles. The highest BCUT2D eigenvalue weighted by Gasteiger charge is 2.44. The molecule has 2 atom stereocenters. The second kappa shape index (κ2) is 8.79. The third kappa shape index (κ3) is 4.58. The molecule has 1 fully saturated rings. The highest BCUT2D eigenvalue weighted by Crippen LogP contribution is 2.29. The zero-order chi connectivity index (χ0) is 22.2. The van der Waals surface area contributed by atoms with Gasteiger partial charge < -0.3 is 9.84 Å². The van der Waals surface area contributed by atoms with Crippen molar-refractivity contribution in [2.75, 3.05) is 6.54 Å². The zero-order valence-corrected chi connectivity index (χ0v) is 19.5. The fraction of sp³-hybridized carbons (Fsp3) is 0.333. The number of benzene rings is 1. The summed E-state index contributed by atoms with van der Waals surface area (Å²) in [5.41, 5.74) is 3.42. The number of β-amino-alcohol motifs (C(OH)–C–C–N with tert-alkyl or cyclic N) is 1. The Bertz CT molecular complexity index is 1190. The Labute approximate surface area is 189 Å². The van der Waals surface area contributed by atoms with Gasteiger partial charge in [0.05, 0.1) is 16.7 Å². The van der Waals surface area contributed by atoms with Gasteiger partial charge in [-0.25, -0.2) is 13.4 Å². The van der Waals surface area contributed by atoms with E-state index in [0.717, 1.165) is 26.0 Å². The maximum Gasteiger partial charge on any atom is 0.324 e. The van der Waals surface area contributed by atoms with Crippen LogP contribution in [0.5, 0.6) is 0 Å². The average Bonchev–Trinajstić information content (AvgIpc) is 3.48. The van der Waals surface area contributed by atoms with E-state index in [9.17, 15) is 18.3 Å². The summed E-state index contributed by atoms with van der Waals surface area (Å²) in [6, 6.07) is 5.73. The molecular formula is C21H22N2O5S3. The minimum atomic E-state index is -3.95. The fourth-order valence-electron chi connectivity index (χ4n) is 3.41. The van der Waals surface area contributed by atoms with E-state index >= 15 is 0 Å². The van der Waals surface area contributed by atoms with Crippen molar-refractivity contribution >= 4 is 38.7 Å². The van der Waals surface area contributed by atoms with Crippen molar-refractivity contribution in [3.63, 3.8) is 0 Å². The van der Waals surface area contributed by atoms with E-state index in [2.05, 4.69) is 4.98 Å². The van der Waals surface area contributed by atoms with Crippen LogP contribution in [-0.2, 0) is 26.2 Å². The summed E-state index contributed by atoms with van der Waals surface area (Å²) >= 11 is 3.03. The van der Waals surface area contributed by atoms with Gasteiger partial charge in [0.1, 0.15) is 17.7 Å². The molecule has 3 aromatic rings. The summed E-state index contributed by atoms with van der Waals surface area (Å²) in [6.07, 6.45) is -0.927. The third-order valence-electron chi connectivity index (χ3n) is 5.27. The first kappa shape index (κ1) is 22.1. The second-order valence-corrected chi connectivity index (χ2v) is 11.0. The molecule has 0 unspecified atom stereocenters. The Hall–Kier alpha value is -2.11. The summed E-state index contributed by atoms with van der Waals surface area (Å²) < 4.78 is 32.8. The van der Waals surface area contributed by atoms with Crippen molar-refractivity contribution in [1.29, 1.82) is 0 Å². The molecule has 3 heterocycles. The number of carbonyl (C=O) groups is 1. The van der Waals surface area contributed by atoms with Crippen LogP contribution in [0.2, 0.25) is 0 Å². The normalized spacial score (nSPS) is 19.6. The van der Waals surface area contributed by atoms with E-state index in [1.54, 1.807) is 23.5 Å². The monoisotopic (exact) mass is 478 g/mol. The highest BCUT2D eigenvalue weighted by molar-refractivity contribution is 7.89. The number of thiophene rings is 1. The molecule has 4 rings (SSSR count). The topological polar surface area (TPSA) is 96.8 Å². The Kier molecular flexibility index (Phi) is 6.27. The first-order chi connectivity index (χ1) is 14.8. The van der Waals surface area contributed by atoms with Gasteiger partial charge in [-0.3, -0.25) is 4.79 Å². The van der Waals surface area contributed by atoms with Crippen LogP contribution in [0.1, 0.15) is 23.2 Å². The van der Waals surface area contributed by atoms with Crippen molar-refractivity contribution < 1.29 is 23.1 Å². The van der Waals surface area contributed by atoms with E-state index in [4.69, 9.17) is 4.74 Å². The van der Waals surface area contributed by atoms with Gasteiger partial charge in [-0.1, -0.05) is 6.07 Å². The predicted octanol–water partition coefficient (Wildman–Crippen LogP) is 3.36. The first-order valence-corrected chi connectivity index (χ1v) is 12.9. The van der Waals surface area contributed by atoms with E-state index < -0.39 is 28.1 Å². The molecule has 0 aliphatic carbocycles. The molecule has 0 bridgehead atoms. The molecule has 0 amide bonds. The molecule has 2 aromatic heterocycles. The number of aryl methyl sites for hydroxylation is 2. The van der Waals surface area contributed by atoms with Gasteiger partial charge in [0.25, 0.3) is 0 Å². The SMILES string of the molecule is Cc1ccc(S(=O)(=O)N2C[C@@H](O)C[C@@H]2C(=O)OCc2csc(-c3ccsc3)n2)cc1C. The Morgan fingerprint density at radius 2 is 2.06 bits per heavy atom. The maximum atomic E-state index is 13.2. The van der Waals surface area contributed by atoms with Gasteiger partial charge >= 0.3 is 5.97 Å². The molecule has 1 aromatic carbocycles. The van der Waals surface area contributed by atoms with Crippen LogP contribution < -0.4 is 0 Å². The number of esters is 1. The van der Waals surface area contributed by atoms with E-state index in [1.165, 1.54) is 17.4 Å². The lowest BCUT2D eigenvalue weighted by Crippen LogP contribution is -2.41. The van der Waals surface area contributed by atoms with Crippen LogP contribution in [0, 0.1) is 13.8 Å². The molecule has 31 heavy (non-hydrogen) atoms. The number of sulfonamides is 1. The smallest absolute Gasteiger partial charge is 0.324 e. The molecule has 1 saturated heterocycles. The molecule has 0 spiro atoms. The summed E-state index contributed by atoms with van der Waals surface area (Å²) in [6.45, 7) is 3.53. The third-order valence-corrected chi connectivity index (χ3v) is 8.77. The second-order valence-electron chi connectivity index (χ2n) is 7.49. The number of thiazole rings is 1. The van der Waals surface area contributed by atoms with Crippen LogP contribution in [0.4, 0.5) is 0 Å². The van der Waals surface area contributed by atoms with Gasteiger partial charge in [0.15, 0.2) is 0 Å². The quantitative estimate of drug-likeness (QED) is 0.546. The standard InChI is InChI=1S/C21H22N2O5S3/c1-13-3-4-18(7-14(13)2)31(26,27)23-9-17(24)8-19(23)21(25)28-10-16-12-30-20(22-16)15-5-6-29-11-15/h3-7,11-12,17,19,24H,8-10H2,1-2H3/t17-,19+/m0/s1. The van der Waals surface area contributed by atoms with Gasteiger partial charge in [-0.15, -0.1) is 11.3 Å². The lowest BCUT2D eigenvalue weighted by atomic mass is 10.1. The van der Waals surface area contributed by atoms with Crippen molar-refractivity contribution in [3.05, 3.63) is 57.2 Å². The van der Waals surface area contributed by atoms with Crippen molar-refractivity contribution in [2.24, 2.45) is 0 Å². The van der Waals surface area contributed by atoms with Gasteiger partial charge in [0, 0.05) is 29.3 Å². The highest BCUT2D eigenvalue weighted by atomic mass is 32.2. The van der Waals surface area contributed by atoms with Crippen LogP contribution in [0.15, 0.2) is 45.3 Å². The predicted molar refractivity (Wildman–Crippen MR) is 119 cm³/mol. The molecule has 7 nitrogen and oxygen atoms in total. The van der Waals surface area contributed by atoms with Crippen LogP contribution >= 0.6 is 22.7 Å². The lowest BCUT2D eigenvalue weighted by molar-refractivity contribution is -0.149. The fourth-order valence-corrected chi connectivity index (χ4v) is 6.64. The Morgan fingerprint density at radius 3 is 2.77 bits per heavy atom. The maximum absolute atomic E-state index is 13.2. The largest absolute Gasteiger partial charge is 0.458 e. The molecule has 164 valence electrons. The molecular weight excluding hydrogens is 456 g/mol. The number of hydrogen-bond donors (Lipinski definition) is 1.